The van der Waals surface area contributed by atoms with Gasteiger partial charge in [-0.25, -0.2) is 4.98 Å². The van der Waals surface area contributed by atoms with Crippen molar-refractivity contribution in [3.63, 3.8) is 0 Å². The van der Waals surface area contributed by atoms with Crippen molar-refractivity contribution in [2.45, 2.75) is 6.92 Å². The Labute approximate surface area is 113 Å². The highest BCUT2D eigenvalue weighted by Crippen LogP contribution is 2.16. The molecule has 3 aromatic rings. The number of anilines is 1. The highest BCUT2D eigenvalue weighted by Gasteiger charge is 2.09. The molecule has 0 saturated heterocycles. The average Bonchev–Trinajstić information content (AvgIpc) is 2.85. The van der Waals surface area contributed by atoms with Crippen molar-refractivity contribution in [1.82, 2.24) is 15.0 Å². The molecule has 1 amide bonds. The SMILES string of the molecule is Cc1nc(C(=O)Nc2ccc3nccnc3c2)cs1. The van der Waals surface area contributed by atoms with E-state index in [1.54, 1.807) is 29.9 Å². The van der Waals surface area contributed by atoms with E-state index in [4.69, 9.17) is 0 Å². The van der Waals surface area contributed by atoms with Crippen LogP contribution in [-0.4, -0.2) is 20.9 Å². The first kappa shape index (κ1) is 11.7. The molecular weight excluding hydrogens is 260 g/mol. The Hall–Kier alpha value is -2.34. The maximum absolute atomic E-state index is 12.0. The molecule has 3 rings (SSSR count). The molecule has 19 heavy (non-hydrogen) atoms. The number of hydrogen-bond acceptors (Lipinski definition) is 5. The van der Waals surface area contributed by atoms with E-state index in [0.717, 1.165) is 16.0 Å². The Balaban J connectivity index is 1.87. The third kappa shape index (κ3) is 2.43. The number of hydrogen-bond donors (Lipinski definition) is 1. The Morgan fingerprint density at radius 1 is 1.21 bits per heavy atom. The molecule has 5 nitrogen and oxygen atoms in total. The second kappa shape index (κ2) is 4.74. The number of fused-ring (bicyclic) bond motifs is 1. The molecule has 0 bridgehead atoms. The molecule has 0 radical (unpaired) electrons. The van der Waals surface area contributed by atoms with Gasteiger partial charge >= 0.3 is 0 Å². The number of nitrogens with zero attached hydrogens (tertiary/aromatic N) is 3. The topological polar surface area (TPSA) is 67.8 Å². The molecule has 0 atom stereocenters. The number of carbonyl (C=O) groups excluding carboxylic acids is 1. The van der Waals surface area contributed by atoms with Crippen LogP contribution in [0, 0.1) is 6.92 Å². The predicted molar refractivity (Wildman–Crippen MR) is 74.3 cm³/mol. The number of aryl methyl sites for hydroxylation is 1. The van der Waals surface area contributed by atoms with Crippen molar-refractivity contribution in [2.75, 3.05) is 5.32 Å². The molecule has 0 aliphatic carbocycles. The molecule has 1 aromatic carbocycles. The maximum Gasteiger partial charge on any atom is 0.275 e. The van der Waals surface area contributed by atoms with E-state index in [1.165, 1.54) is 11.3 Å². The fourth-order valence-electron chi connectivity index (χ4n) is 1.70. The molecule has 1 N–H and O–H groups in total. The molecule has 0 saturated carbocycles. The standard InChI is InChI=1S/C13H10N4OS/c1-8-16-12(7-19-8)13(18)17-9-2-3-10-11(6-9)15-5-4-14-10/h2-7H,1H3,(H,17,18). The van der Waals surface area contributed by atoms with Gasteiger partial charge in [-0.05, 0) is 25.1 Å². The summed E-state index contributed by atoms with van der Waals surface area (Å²) >= 11 is 1.45. The van der Waals surface area contributed by atoms with Crippen molar-refractivity contribution in [1.29, 1.82) is 0 Å². The average molecular weight is 270 g/mol. The van der Waals surface area contributed by atoms with E-state index in [2.05, 4.69) is 20.3 Å². The van der Waals surface area contributed by atoms with Gasteiger partial charge < -0.3 is 5.32 Å². The van der Waals surface area contributed by atoms with Gasteiger partial charge in [0.15, 0.2) is 0 Å². The number of nitrogens with one attached hydrogen (secondary N) is 1. The summed E-state index contributed by atoms with van der Waals surface area (Å²) in [4.78, 5) is 24.5. The highest BCUT2D eigenvalue weighted by atomic mass is 32.1. The molecule has 0 unspecified atom stereocenters. The van der Waals surface area contributed by atoms with Gasteiger partial charge in [0.1, 0.15) is 5.69 Å². The summed E-state index contributed by atoms with van der Waals surface area (Å²) < 4.78 is 0. The Bertz CT molecular complexity index is 753. The summed E-state index contributed by atoms with van der Waals surface area (Å²) in [6, 6.07) is 5.41. The number of thiazole rings is 1. The van der Waals surface area contributed by atoms with E-state index >= 15 is 0 Å². The second-order valence-electron chi connectivity index (χ2n) is 3.97. The van der Waals surface area contributed by atoms with Crippen LogP contribution in [0.5, 0.6) is 0 Å². The molecule has 94 valence electrons. The molecule has 6 heteroatoms. The van der Waals surface area contributed by atoms with Crippen LogP contribution in [0.2, 0.25) is 0 Å². The zero-order chi connectivity index (χ0) is 13.2. The van der Waals surface area contributed by atoms with Crippen LogP contribution < -0.4 is 5.32 Å². The van der Waals surface area contributed by atoms with Crippen molar-refractivity contribution < 1.29 is 4.79 Å². The van der Waals surface area contributed by atoms with Gasteiger partial charge in [-0.15, -0.1) is 11.3 Å². The van der Waals surface area contributed by atoms with Crippen LogP contribution in [0.15, 0.2) is 36.0 Å². The lowest BCUT2D eigenvalue weighted by atomic mass is 10.2. The minimum atomic E-state index is -0.215. The van der Waals surface area contributed by atoms with Crippen molar-refractivity contribution in [3.05, 3.63) is 46.7 Å². The smallest absolute Gasteiger partial charge is 0.275 e. The quantitative estimate of drug-likeness (QED) is 0.777. The Morgan fingerprint density at radius 2 is 2.00 bits per heavy atom. The third-order valence-electron chi connectivity index (χ3n) is 2.58. The van der Waals surface area contributed by atoms with Gasteiger partial charge in [-0.3, -0.25) is 14.8 Å². The Morgan fingerprint density at radius 3 is 2.74 bits per heavy atom. The summed E-state index contributed by atoms with van der Waals surface area (Å²) in [6.07, 6.45) is 3.26. The number of aromatic nitrogens is 3. The number of carbonyl (C=O) groups is 1. The van der Waals surface area contributed by atoms with Crippen molar-refractivity contribution in [2.24, 2.45) is 0 Å². The fourth-order valence-corrected chi connectivity index (χ4v) is 2.30. The molecule has 0 aliphatic heterocycles. The normalized spacial score (nSPS) is 10.6. The summed E-state index contributed by atoms with van der Waals surface area (Å²) in [5.41, 5.74) is 2.66. The van der Waals surface area contributed by atoms with Gasteiger partial charge in [-0.1, -0.05) is 0 Å². The van der Waals surface area contributed by atoms with E-state index in [-0.39, 0.29) is 5.91 Å². The van der Waals surface area contributed by atoms with E-state index in [1.807, 2.05) is 13.0 Å². The number of amides is 1. The zero-order valence-electron chi connectivity index (χ0n) is 10.1. The van der Waals surface area contributed by atoms with Gasteiger partial charge in [0, 0.05) is 23.5 Å². The summed E-state index contributed by atoms with van der Waals surface area (Å²) in [5, 5.41) is 5.41. The van der Waals surface area contributed by atoms with E-state index in [9.17, 15) is 4.79 Å². The zero-order valence-corrected chi connectivity index (χ0v) is 10.9. The van der Waals surface area contributed by atoms with Crippen molar-refractivity contribution in [3.8, 4) is 0 Å². The van der Waals surface area contributed by atoms with E-state index < -0.39 is 0 Å². The minimum absolute atomic E-state index is 0.215. The Kier molecular flexibility index (Phi) is 2.92. The third-order valence-corrected chi connectivity index (χ3v) is 3.35. The molecule has 2 heterocycles. The predicted octanol–water partition coefficient (Wildman–Crippen LogP) is 2.65. The number of rotatable bonds is 2. The van der Waals surface area contributed by atoms with Crippen LogP contribution in [0.4, 0.5) is 5.69 Å². The van der Waals surface area contributed by atoms with Crippen LogP contribution in [0.25, 0.3) is 11.0 Å². The van der Waals surface area contributed by atoms with Gasteiger partial charge in [0.25, 0.3) is 5.91 Å². The van der Waals surface area contributed by atoms with Gasteiger partial charge in [0.2, 0.25) is 0 Å². The molecule has 0 fully saturated rings. The first-order valence-electron chi connectivity index (χ1n) is 5.66. The van der Waals surface area contributed by atoms with Crippen LogP contribution in [0.1, 0.15) is 15.5 Å². The number of benzene rings is 1. The highest BCUT2D eigenvalue weighted by molar-refractivity contribution is 7.09. The summed E-state index contributed by atoms with van der Waals surface area (Å²) in [7, 11) is 0. The second-order valence-corrected chi connectivity index (χ2v) is 5.03. The summed E-state index contributed by atoms with van der Waals surface area (Å²) in [5.74, 6) is -0.215. The van der Waals surface area contributed by atoms with Crippen LogP contribution >= 0.6 is 11.3 Å². The van der Waals surface area contributed by atoms with Crippen molar-refractivity contribution >= 4 is 34.0 Å². The van der Waals surface area contributed by atoms with Gasteiger partial charge in [-0.2, -0.15) is 0 Å². The molecule has 0 spiro atoms. The molecule has 2 aromatic heterocycles. The lowest BCUT2D eigenvalue weighted by Crippen LogP contribution is -2.12. The van der Waals surface area contributed by atoms with Gasteiger partial charge in [0.05, 0.1) is 16.0 Å². The summed E-state index contributed by atoms with van der Waals surface area (Å²) in [6.45, 7) is 1.87. The van der Waals surface area contributed by atoms with Crippen LogP contribution in [-0.2, 0) is 0 Å². The lowest BCUT2D eigenvalue weighted by molar-refractivity contribution is 0.102. The first-order chi connectivity index (χ1) is 9.22. The molecular formula is C13H10N4OS. The first-order valence-corrected chi connectivity index (χ1v) is 6.54. The largest absolute Gasteiger partial charge is 0.321 e. The minimum Gasteiger partial charge on any atom is -0.321 e. The molecule has 0 aliphatic rings. The van der Waals surface area contributed by atoms with Crippen LogP contribution in [0.3, 0.4) is 0 Å². The van der Waals surface area contributed by atoms with E-state index in [0.29, 0.717) is 11.4 Å². The maximum atomic E-state index is 12.0. The monoisotopic (exact) mass is 270 g/mol. The lowest BCUT2D eigenvalue weighted by Gasteiger charge is -2.04. The fraction of sp³-hybridized carbons (Fsp3) is 0.0769.